The van der Waals surface area contributed by atoms with E-state index < -0.39 is 0 Å². The molecular formula is C28H33NO4. The van der Waals surface area contributed by atoms with E-state index in [1.54, 1.807) is 13.2 Å². The molecule has 5 nitrogen and oxygen atoms in total. The van der Waals surface area contributed by atoms with E-state index in [9.17, 15) is 4.79 Å². The number of methoxy groups -OCH3 is 1. The summed E-state index contributed by atoms with van der Waals surface area (Å²) in [5.74, 6) is 0.727. The van der Waals surface area contributed by atoms with E-state index in [1.807, 2.05) is 38.9 Å². The lowest BCUT2D eigenvalue weighted by Crippen LogP contribution is -2.47. The molecule has 1 aromatic heterocycles. The van der Waals surface area contributed by atoms with Crippen LogP contribution in [0.4, 0.5) is 0 Å². The zero-order valence-electron chi connectivity index (χ0n) is 20.6. The summed E-state index contributed by atoms with van der Waals surface area (Å²) in [6.07, 6.45) is 3.60. The summed E-state index contributed by atoms with van der Waals surface area (Å²) in [7, 11) is 1.66. The van der Waals surface area contributed by atoms with Gasteiger partial charge in [-0.3, -0.25) is 4.79 Å². The van der Waals surface area contributed by atoms with Crippen LogP contribution in [-0.2, 0) is 9.53 Å². The first-order chi connectivity index (χ1) is 15.7. The van der Waals surface area contributed by atoms with Crippen LogP contribution in [-0.4, -0.2) is 43.2 Å². The SMILES string of the molecule is COc1c(/C(C)=C/C(=O)N2CC(C)OC(C)C2)cc2c(-c3ccc(C)cc3C)coc2c1C. The van der Waals surface area contributed by atoms with Gasteiger partial charge in [-0.15, -0.1) is 0 Å². The summed E-state index contributed by atoms with van der Waals surface area (Å²) >= 11 is 0. The fourth-order valence-corrected chi connectivity index (χ4v) is 4.91. The molecule has 2 unspecified atom stereocenters. The van der Waals surface area contributed by atoms with Gasteiger partial charge >= 0.3 is 0 Å². The predicted molar refractivity (Wildman–Crippen MR) is 133 cm³/mol. The molecule has 0 saturated carbocycles. The molecule has 0 spiro atoms. The van der Waals surface area contributed by atoms with Gasteiger partial charge < -0.3 is 18.8 Å². The van der Waals surface area contributed by atoms with Crippen molar-refractivity contribution in [1.29, 1.82) is 0 Å². The number of ether oxygens (including phenoxy) is 2. The molecule has 2 atom stereocenters. The maximum Gasteiger partial charge on any atom is 0.247 e. The zero-order valence-corrected chi connectivity index (χ0v) is 20.6. The Hall–Kier alpha value is -3.05. The van der Waals surface area contributed by atoms with E-state index in [0.717, 1.165) is 44.5 Å². The third-order valence-corrected chi connectivity index (χ3v) is 6.42. The van der Waals surface area contributed by atoms with Crippen LogP contribution >= 0.6 is 0 Å². The number of carbonyl (C=O) groups excluding carboxylic acids is 1. The van der Waals surface area contributed by atoms with Gasteiger partial charge in [0.05, 0.1) is 25.6 Å². The van der Waals surface area contributed by atoms with Gasteiger partial charge in [-0.2, -0.15) is 0 Å². The van der Waals surface area contributed by atoms with Crippen LogP contribution in [0.1, 0.15) is 43.0 Å². The Morgan fingerprint density at radius 1 is 1.09 bits per heavy atom. The summed E-state index contributed by atoms with van der Waals surface area (Å²) in [4.78, 5) is 14.9. The molecule has 33 heavy (non-hydrogen) atoms. The monoisotopic (exact) mass is 447 g/mol. The van der Waals surface area contributed by atoms with Gasteiger partial charge in [-0.25, -0.2) is 0 Å². The van der Waals surface area contributed by atoms with Gasteiger partial charge in [-0.05, 0) is 64.3 Å². The maximum atomic E-state index is 13.1. The van der Waals surface area contributed by atoms with Crippen LogP contribution < -0.4 is 4.74 Å². The first kappa shape index (κ1) is 23.1. The quantitative estimate of drug-likeness (QED) is 0.455. The molecule has 5 heteroatoms. The predicted octanol–water partition coefficient (Wildman–Crippen LogP) is 6.07. The molecule has 0 bridgehead atoms. The maximum absolute atomic E-state index is 13.1. The Bertz CT molecular complexity index is 1230. The summed E-state index contributed by atoms with van der Waals surface area (Å²) in [5.41, 5.74) is 8.11. The van der Waals surface area contributed by atoms with Crippen LogP contribution in [0.5, 0.6) is 5.75 Å². The van der Waals surface area contributed by atoms with Crippen LogP contribution in [0.3, 0.4) is 0 Å². The van der Waals surface area contributed by atoms with Crippen molar-refractivity contribution in [2.45, 2.75) is 53.8 Å². The molecule has 1 aliphatic heterocycles. The highest BCUT2D eigenvalue weighted by atomic mass is 16.5. The fourth-order valence-electron chi connectivity index (χ4n) is 4.91. The van der Waals surface area contributed by atoms with Crippen LogP contribution in [0, 0.1) is 20.8 Å². The van der Waals surface area contributed by atoms with Gasteiger partial charge in [0.1, 0.15) is 11.3 Å². The smallest absolute Gasteiger partial charge is 0.247 e. The van der Waals surface area contributed by atoms with Crippen molar-refractivity contribution >= 4 is 22.4 Å². The van der Waals surface area contributed by atoms with E-state index in [-0.39, 0.29) is 18.1 Å². The number of allylic oxidation sites excluding steroid dienone is 1. The van der Waals surface area contributed by atoms with Gasteiger partial charge in [-0.1, -0.05) is 23.8 Å². The number of hydrogen-bond donors (Lipinski definition) is 0. The van der Waals surface area contributed by atoms with Crippen LogP contribution in [0.25, 0.3) is 27.7 Å². The van der Waals surface area contributed by atoms with Crippen molar-refractivity contribution < 1.29 is 18.7 Å². The molecular weight excluding hydrogens is 414 g/mol. The standard InChI is InChI=1S/C28H33NO4/c1-16-8-9-22(17(2)10-16)25-15-32-28-21(6)27(31-7)23(12-24(25)28)18(3)11-26(30)29-13-19(4)33-20(5)14-29/h8-12,15,19-20H,13-14H2,1-7H3/b18-11+. The number of carbonyl (C=O) groups is 1. The molecule has 0 radical (unpaired) electrons. The van der Waals surface area contributed by atoms with Crippen molar-refractivity contribution in [2.75, 3.05) is 20.2 Å². The number of furan rings is 1. The molecule has 2 aromatic carbocycles. The summed E-state index contributed by atoms with van der Waals surface area (Å²) < 4.78 is 17.6. The Labute approximate surface area is 196 Å². The number of fused-ring (bicyclic) bond motifs is 1. The summed E-state index contributed by atoms with van der Waals surface area (Å²) in [5, 5.41) is 1.02. The molecule has 2 heterocycles. The van der Waals surface area contributed by atoms with Crippen molar-refractivity contribution in [3.8, 4) is 16.9 Å². The second kappa shape index (κ2) is 9.06. The Balaban J connectivity index is 1.79. The van der Waals surface area contributed by atoms with Gasteiger partial charge in [0.2, 0.25) is 5.91 Å². The van der Waals surface area contributed by atoms with Crippen molar-refractivity contribution in [1.82, 2.24) is 4.90 Å². The lowest BCUT2D eigenvalue weighted by molar-refractivity contribution is -0.137. The van der Waals surface area contributed by atoms with E-state index in [0.29, 0.717) is 13.1 Å². The molecule has 1 saturated heterocycles. The van der Waals surface area contributed by atoms with Gasteiger partial charge in [0.15, 0.2) is 0 Å². The first-order valence-electron chi connectivity index (χ1n) is 11.5. The molecule has 174 valence electrons. The topological polar surface area (TPSA) is 51.9 Å². The minimum absolute atomic E-state index is 0.00361. The average Bonchev–Trinajstić information content (AvgIpc) is 3.17. The highest BCUT2D eigenvalue weighted by molar-refractivity contribution is 6.02. The highest BCUT2D eigenvalue weighted by Crippen LogP contribution is 2.41. The number of hydrogen-bond acceptors (Lipinski definition) is 4. The van der Waals surface area contributed by atoms with E-state index in [2.05, 4.69) is 38.1 Å². The molecule has 3 aromatic rings. The van der Waals surface area contributed by atoms with Crippen LogP contribution in [0.2, 0.25) is 0 Å². The molecule has 1 fully saturated rings. The number of benzene rings is 2. The second-order valence-electron chi connectivity index (χ2n) is 9.25. The Morgan fingerprint density at radius 2 is 1.79 bits per heavy atom. The minimum atomic E-state index is -0.00361. The fraction of sp³-hybridized carbons (Fsp3) is 0.393. The number of aryl methyl sites for hydroxylation is 3. The summed E-state index contributed by atoms with van der Waals surface area (Å²) in [6.45, 7) is 13.4. The van der Waals surface area contributed by atoms with Crippen molar-refractivity contribution in [3.05, 3.63) is 58.9 Å². The second-order valence-corrected chi connectivity index (χ2v) is 9.25. The normalized spacial score (nSPS) is 19.2. The largest absolute Gasteiger partial charge is 0.496 e. The van der Waals surface area contributed by atoms with Crippen LogP contribution in [0.15, 0.2) is 41.0 Å². The van der Waals surface area contributed by atoms with Gasteiger partial charge in [0, 0.05) is 41.2 Å². The third-order valence-electron chi connectivity index (χ3n) is 6.42. The molecule has 1 aliphatic rings. The summed E-state index contributed by atoms with van der Waals surface area (Å²) in [6, 6.07) is 8.52. The minimum Gasteiger partial charge on any atom is -0.496 e. The molecule has 0 N–H and O–H groups in total. The first-order valence-corrected chi connectivity index (χ1v) is 11.5. The zero-order chi connectivity index (χ0) is 23.9. The molecule has 1 amide bonds. The number of rotatable bonds is 4. The Morgan fingerprint density at radius 3 is 2.42 bits per heavy atom. The lowest BCUT2D eigenvalue weighted by atomic mass is 9.94. The van der Waals surface area contributed by atoms with E-state index >= 15 is 0 Å². The lowest BCUT2D eigenvalue weighted by Gasteiger charge is -2.34. The van der Waals surface area contributed by atoms with Crippen molar-refractivity contribution in [3.63, 3.8) is 0 Å². The number of morpholine rings is 1. The number of amides is 1. The van der Waals surface area contributed by atoms with Gasteiger partial charge in [0.25, 0.3) is 0 Å². The third kappa shape index (κ3) is 4.42. The Kier molecular flexibility index (Phi) is 6.35. The molecule has 0 aliphatic carbocycles. The number of nitrogens with zero attached hydrogens (tertiary/aromatic N) is 1. The molecule has 4 rings (SSSR count). The van der Waals surface area contributed by atoms with E-state index in [4.69, 9.17) is 13.9 Å². The van der Waals surface area contributed by atoms with E-state index in [1.165, 1.54) is 11.1 Å². The van der Waals surface area contributed by atoms with Crippen molar-refractivity contribution in [2.24, 2.45) is 0 Å². The highest BCUT2D eigenvalue weighted by Gasteiger charge is 2.25. The average molecular weight is 448 g/mol.